The second-order valence-electron chi connectivity index (χ2n) is 7.78. The van der Waals surface area contributed by atoms with Crippen molar-refractivity contribution in [3.05, 3.63) is 59.2 Å². The minimum absolute atomic E-state index is 0.00363. The molecule has 1 fully saturated rings. The Balaban J connectivity index is 2.17. The standard InChI is InChI=1S/C25H29NO7/c1-15(2)33-17-8-6-16(7-9-17)23(27)21-22(26(12-13-30-3)25(29)24(21)28)19-14-18(31-4)10-11-20(19)32-5/h6-11,14-15,22,27H,12-13H2,1-5H3. The fourth-order valence-electron chi connectivity index (χ4n) is 3.80. The molecule has 33 heavy (non-hydrogen) atoms. The molecule has 0 aliphatic carbocycles. The first-order chi connectivity index (χ1) is 15.8. The maximum Gasteiger partial charge on any atom is 0.295 e. The summed E-state index contributed by atoms with van der Waals surface area (Å²) in [7, 11) is 4.53. The van der Waals surface area contributed by atoms with Crippen LogP contribution in [0.25, 0.3) is 5.76 Å². The summed E-state index contributed by atoms with van der Waals surface area (Å²) in [6.07, 6.45) is -0.00363. The molecule has 2 aromatic carbocycles. The van der Waals surface area contributed by atoms with Crippen LogP contribution < -0.4 is 14.2 Å². The molecule has 176 valence electrons. The number of ether oxygens (including phenoxy) is 4. The minimum atomic E-state index is -0.878. The van der Waals surface area contributed by atoms with Crippen LogP contribution in [0.5, 0.6) is 17.2 Å². The normalized spacial score (nSPS) is 17.5. The highest BCUT2D eigenvalue weighted by atomic mass is 16.5. The Morgan fingerprint density at radius 3 is 2.24 bits per heavy atom. The molecule has 1 aliphatic rings. The number of benzene rings is 2. The van der Waals surface area contributed by atoms with Gasteiger partial charge in [0.05, 0.1) is 38.5 Å². The van der Waals surface area contributed by atoms with E-state index in [-0.39, 0.29) is 30.6 Å². The lowest BCUT2D eigenvalue weighted by molar-refractivity contribution is -0.140. The number of amides is 1. The Labute approximate surface area is 193 Å². The number of carbonyl (C=O) groups excluding carboxylic acids is 2. The van der Waals surface area contributed by atoms with Gasteiger partial charge in [-0.25, -0.2) is 0 Å². The van der Waals surface area contributed by atoms with Crippen LogP contribution in [0.3, 0.4) is 0 Å². The third kappa shape index (κ3) is 4.96. The van der Waals surface area contributed by atoms with Crippen molar-refractivity contribution in [2.75, 3.05) is 34.5 Å². The number of carbonyl (C=O) groups is 2. The number of nitrogens with zero attached hydrogens (tertiary/aromatic N) is 1. The predicted molar refractivity (Wildman–Crippen MR) is 123 cm³/mol. The lowest BCUT2D eigenvalue weighted by Gasteiger charge is -2.26. The molecule has 1 atom stereocenters. The van der Waals surface area contributed by atoms with Crippen molar-refractivity contribution in [2.45, 2.75) is 26.0 Å². The number of rotatable bonds is 9. The largest absolute Gasteiger partial charge is 0.507 e. The number of hydrogen-bond acceptors (Lipinski definition) is 7. The van der Waals surface area contributed by atoms with E-state index in [2.05, 4.69) is 0 Å². The molecule has 1 amide bonds. The first-order valence-electron chi connectivity index (χ1n) is 10.6. The first kappa shape index (κ1) is 24.1. The SMILES string of the molecule is COCCN1C(=O)C(=O)C(=C(O)c2ccc(OC(C)C)cc2)C1c1cc(OC)ccc1OC. The zero-order valence-corrected chi connectivity index (χ0v) is 19.5. The molecule has 1 unspecified atom stereocenters. The molecule has 3 rings (SSSR count). The molecule has 0 radical (unpaired) electrons. The van der Waals surface area contributed by atoms with E-state index in [4.69, 9.17) is 18.9 Å². The van der Waals surface area contributed by atoms with Gasteiger partial charge in [0.2, 0.25) is 0 Å². The van der Waals surface area contributed by atoms with Gasteiger partial charge in [-0.1, -0.05) is 0 Å². The molecule has 1 heterocycles. The maximum absolute atomic E-state index is 13.1. The fourth-order valence-corrected chi connectivity index (χ4v) is 3.80. The monoisotopic (exact) mass is 455 g/mol. The van der Waals surface area contributed by atoms with Gasteiger partial charge >= 0.3 is 0 Å². The highest BCUT2D eigenvalue weighted by Gasteiger charge is 2.47. The Bertz CT molecular complexity index is 1040. The number of methoxy groups -OCH3 is 3. The summed E-state index contributed by atoms with van der Waals surface area (Å²) in [5, 5.41) is 11.2. The lowest BCUT2D eigenvalue weighted by atomic mass is 9.94. The van der Waals surface area contributed by atoms with Crippen LogP contribution in [0.2, 0.25) is 0 Å². The molecule has 0 spiro atoms. The summed E-state index contributed by atoms with van der Waals surface area (Å²) in [4.78, 5) is 27.4. The Morgan fingerprint density at radius 2 is 1.67 bits per heavy atom. The Morgan fingerprint density at radius 1 is 1.00 bits per heavy atom. The molecule has 8 nitrogen and oxygen atoms in total. The summed E-state index contributed by atoms with van der Waals surface area (Å²) in [5.74, 6) is -0.161. The Hall–Kier alpha value is -3.52. The second kappa shape index (κ2) is 10.4. The second-order valence-corrected chi connectivity index (χ2v) is 7.78. The topological polar surface area (TPSA) is 94.5 Å². The van der Waals surface area contributed by atoms with Crippen molar-refractivity contribution in [2.24, 2.45) is 0 Å². The van der Waals surface area contributed by atoms with E-state index >= 15 is 0 Å². The smallest absolute Gasteiger partial charge is 0.295 e. The van der Waals surface area contributed by atoms with Crippen molar-refractivity contribution in [3.8, 4) is 17.2 Å². The third-order valence-corrected chi connectivity index (χ3v) is 5.31. The zero-order chi connectivity index (χ0) is 24.1. The van der Waals surface area contributed by atoms with Crippen molar-refractivity contribution < 1.29 is 33.6 Å². The van der Waals surface area contributed by atoms with E-state index in [1.54, 1.807) is 42.5 Å². The van der Waals surface area contributed by atoms with Crippen LogP contribution in [-0.2, 0) is 14.3 Å². The summed E-state index contributed by atoms with van der Waals surface area (Å²) >= 11 is 0. The van der Waals surface area contributed by atoms with Gasteiger partial charge < -0.3 is 29.0 Å². The van der Waals surface area contributed by atoms with Crippen LogP contribution in [0.15, 0.2) is 48.0 Å². The van der Waals surface area contributed by atoms with Gasteiger partial charge in [-0.05, 0) is 56.3 Å². The zero-order valence-electron chi connectivity index (χ0n) is 19.5. The number of likely N-dealkylation sites (tertiary alicyclic amines) is 1. The molecular formula is C25H29NO7. The van der Waals surface area contributed by atoms with Gasteiger partial charge in [-0.15, -0.1) is 0 Å². The summed E-state index contributed by atoms with van der Waals surface area (Å²) in [6.45, 7) is 4.20. The van der Waals surface area contributed by atoms with Gasteiger partial charge in [0, 0.05) is 24.8 Å². The highest BCUT2D eigenvalue weighted by Crippen LogP contribution is 2.43. The number of Topliss-reactive ketones (excluding diaryl/α,β-unsaturated/α-hetero) is 1. The van der Waals surface area contributed by atoms with Crippen molar-refractivity contribution in [1.82, 2.24) is 4.90 Å². The molecule has 8 heteroatoms. The number of hydrogen-bond donors (Lipinski definition) is 1. The average Bonchev–Trinajstić information content (AvgIpc) is 3.06. The quantitative estimate of drug-likeness (QED) is 0.351. The van der Waals surface area contributed by atoms with Crippen LogP contribution in [-0.4, -0.2) is 62.3 Å². The highest BCUT2D eigenvalue weighted by molar-refractivity contribution is 6.46. The van der Waals surface area contributed by atoms with Gasteiger partial charge in [-0.2, -0.15) is 0 Å². The van der Waals surface area contributed by atoms with Crippen molar-refractivity contribution in [3.63, 3.8) is 0 Å². The number of aliphatic hydroxyl groups is 1. The third-order valence-electron chi connectivity index (χ3n) is 5.31. The molecular weight excluding hydrogens is 426 g/mol. The van der Waals surface area contributed by atoms with Crippen LogP contribution in [0.4, 0.5) is 0 Å². The van der Waals surface area contributed by atoms with E-state index in [0.29, 0.717) is 28.4 Å². The van der Waals surface area contributed by atoms with Crippen molar-refractivity contribution in [1.29, 1.82) is 0 Å². The molecule has 1 aliphatic heterocycles. The predicted octanol–water partition coefficient (Wildman–Crippen LogP) is 3.56. The fraction of sp³-hybridized carbons (Fsp3) is 0.360. The van der Waals surface area contributed by atoms with E-state index in [1.807, 2.05) is 13.8 Å². The van der Waals surface area contributed by atoms with Gasteiger partial charge in [-0.3, -0.25) is 9.59 Å². The molecule has 1 saturated heterocycles. The van der Waals surface area contributed by atoms with Crippen LogP contribution in [0, 0.1) is 0 Å². The van der Waals surface area contributed by atoms with E-state index in [9.17, 15) is 14.7 Å². The minimum Gasteiger partial charge on any atom is -0.507 e. The summed E-state index contributed by atoms with van der Waals surface area (Å²) in [6, 6.07) is 10.9. The van der Waals surface area contributed by atoms with E-state index in [1.165, 1.54) is 26.2 Å². The van der Waals surface area contributed by atoms with Gasteiger partial charge in [0.25, 0.3) is 11.7 Å². The van der Waals surface area contributed by atoms with Gasteiger partial charge in [0.15, 0.2) is 0 Å². The lowest BCUT2D eigenvalue weighted by Crippen LogP contribution is -2.32. The summed E-state index contributed by atoms with van der Waals surface area (Å²) in [5.41, 5.74) is 0.886. The average molecular weight is 456 g/mol. The van der Waals surface area contributed by atoms with Crippen LogP contribution >= 0.6 is 0 Å². The van der Waals surface area contributed by atoms with Crippen LogP contribution in [0.1, 0.15) is 31.0 Å². The molecule has 1 N–H and O–H groups in total. The molecule has 0 bridgehead atoms. The maximum atomic E-state index is 13.1. The van der Waals surface area contributed by atoms with E-state index in [0.717, 1.165) is 0 Å². The number of aliphatic hydroxyl groups excluding tert-OH is 1. The van der Waals surface area contributed by atoms with Gasteiger partial charge in [0.1, 0.15) is 23.0 Å². The first-order valence-corrected chi connectivity index (χ1v) is 10.6. The van der Waals surface area contributed by atoms with E-state index < -0.39 is 17.7 Å². The van der Waals surface area contributed by atoms with Crippen molar-refractivity contribution >= 4 is 17.4 Å². The number of ketones is 1. The molecule has 2 aromatic rings. The Kier molecular flexibility index (Phi) is 7.60. The molecule has 0 saturated carbocycles. The summed E-state index contributed by atoms with van der Waals surface area (Å²) < 4.78 is 21.7. The molecule has 0 aromatic heterocycles.